The highest BCUT2D eigenvalue weighted by molar-refractivity contribution is 9.10. The Morgan fingerprint density at radius 2 is 1.83 bits per heavy atom. The van der Waals surface area contributed by atoms with Crippen LogP contribution < -0.4 is 5.56 Å². The summed E-state index contributed by atoms with van der Waals surface area (Å²) in [5.41, 5.74) is 5.04. The zero-order valence-electron chi connectivity index (χ0n) is 20.2. The van der Waals surface area contributed by atoms with Crippen LogP contribution in [0.5, 0.6) is 0 Å². The van der Waals surface area contributed by atoms with E-state index in [1.165, 1.54) is 4.68 Å². The molecule has 0 radical (unpaired) electrons. The molecule has 0 aliphatic heterocycles. The summed E-state index contributed by atoms with van der Waals surface area (Å²) in [5.74, 6) is 0.614. The molecule has 0 atom stereocenters. The molecule has 0 aliphatic rings. The van der Waals surface area contributed by atoms with E-state index in [1.54, 1.807) is 12.3 Å². The van der Waals surface area contributed by atoms with Crippen LogP contribution in [0.1, 0.15) is 48.0 Å². The molecule has 6 nitrogen and oxygen atoms in total. The van der Waals surface area contributed by atoms with Gasteiger partial charge in [-0.1, -0.05) is 66.2 Å². The minimum absolute atomic E-state index is 0.00724. The molecular formula is C29H24BrN5O. The Kier molecular flexibility index (Phi) is 6.29. The van der Waals surface area contributed by atoms with Crippen molar-refractivity contribution in [1.29, 1.82) is 5.26 Å². The second kappa shape index (κ2) is 9.56. The molecule has 0 amide bonds. The Bertz CT molecular complexity index is 1750. The van der Waals surface area contributed by atoms with E-state index in [-0.39, 0.29) is 11.5 Å². The molecule has 0 saturated carbocycles. The number of hydrogen-bond acceptors (Lipinski definition) is 4. The quantitative estimate of drug-likeness (QED) is 0.245. The van der Waals surface area contributed by atoms with Gasteiger partial charge in [-0.25, -0.2) is 4.98 Å². The van der Waals surface area contributed by atoms with Crippen molar-refractivity contribution in [1.82, 2.24) is 14.2 Å². The van der Waals surface area contributed by atoms with Crippen LogP contribution in [0.4, 0.5) is 0 Å². The van der Waals surface area contributed by atoms with Crippen LogP contribution >= 0.6 is 15.9 Å². The maximum atomic E-state index is 13.4. The van der Waals surface area contributed by atoms with Gasteiger partial charge >= 0.3 is 0 Å². The molecule has 0 unspecified atom stereocenters. The Morgan fingerprint density at radius 3 is 2.61 bits per heavy atom. The van der Waals surface area contributed by atoms with Gasteiger partial charge < -0.3 is 4.57 Å². The van der Waals surface area contributed by atoms with E-state index in [0.29, 0.717) is 28.8 Å². The van der Waals surface area contributed by atoms with E-state index in [0.717, 1.165) is 32.2 Å². The molecule has 0 spiro atoms. The molecule has 2 heterocycles. The van der Waals surface area contributed by atoms with Crippen molar-refractivity contribution in [3.8, 4) is 6.07 Å². The molecule has 0 aliphatic carbocycles. The van der Waals surface area contributed by atoms with Gasteiger partial charge in [-0.3, -0.25) is 4.79 Å². The maximum absolute atomic E-state index is 13.4. The number of halogens is 1. The fraction of sp³-hybridized carbons (Fsp3) is 0.172. The molecule has 7 heteroatoms. The molecule has 2 aromatic heterocycles. The standard InChI is InChI=1S/C29H24BrN5O/c1-18(2)28-33-26-13-12-22(30)14-24(26)29(36)35(28)32-16-25-19(3)34(27-11-7-6-10-23(25)27)17-21-9-5-4-8-20(21)15-31/h4-14,16,18H,17H2,1-3H3. The highest BCUT2D eigenvalue weighted by Gasteiger charge is 2.16. The van der Waals surface area contributed by atoms with E-state index in [4.69, 9.17) is 4.98 Å². The van der Waals surface area contributed by atoms with Gasteiger partial charge in [-0.15, -0.1) is 0 Å². The van der Waals surface area contributed by atoms with Crippen LogP contribution in [0.3, 0.4) is 0 Å². The second-order valence-corrected chi connectivity index (χ2v) is 9.93. The van der Waals surface area contributed by atoms with Crippen LogP contribution in [-0.4, -0.2) is 20.4 Å². The zero-order valence-corrected chi connectivity index (χ0v) is 21.8. The lowest BCUT2D eigenvalue weighted by Gasteiger charge is -2.12. The van der Waals surface area contributed by atoms with Crippen molar-refractivity contribution in [2.45, 2.75) is 33.2 Å². The Hall–Kier alpha value is -4.02. The number of aromatic nitrogens is 3. The van der Waals surface area contributed by atoms with Gasteiger partial charge in [0.2, 0.25) is 0 Å². The molecule has 0 N–H and O–H groups in total. The summed E-state index contributed by atoms with van der Waals surface area (Å²) in [7, 11) is 0. The van der Waals surface area contributed by atoms with E-state index >= 15 is 0 Å². The largest absolute Gasteiger partial charge is 0.340 e. The average molecular weight is 538 g/mol. The van der Waals surface area contributed by atoms with Gasteiger partial charge in [0.15, 0.2) is 0 Å². The Morgan fingerprint density at radius 1 is 1.08 bits per heavy atom. The lowest BCUT2D eigenvalue weighted by atomic mass is 10.1. The fourth-order valence-corrected chi connectivity index (χ4v) is 4.89. The summed E-state index contributed by atoms with van der Waals surface area (Å²) >= 11 is 3.45. The van der Waals surface area contributed by atoms with E-state index in [9.17, 15) is 10.1 Å². The van der Waals surface area contributed by atoms with Crippen LogP contribution in [-0.2, 0) is 6.54 Å². The lowest BCUT2D eigenvalue weighted by Crippen LogP contribution is -2.23. The molecule has 0 bridgehead atoms. The number of rotatable bonds is 5. The second-order valence-electron chi connectivity index (χ2n) is 9.02. The van der Waals surface area contributed by atoms with Crippen LogP contribution in [0.15, 0.2) is 81.1 Å². The highest BCUT2D eigenvalue weighted by atomic mass is 79.9. The first-order valence-corrected chi connectivity index (χ1v) is 12.5. The van der Waals surface area contributed by atoms with E-state index in [2.05, 4.69) is 43.8 Å². The fourth-order valence-electron chi connectivity index (χ4n) is 4.53. The van der Waals surface area contributed by atoms with Crippen molar-refractivity contribution in [3.05, 3.63) is 110 Å². The van der Waals surface area contributed by atoms with Gasteiger partial charge in [0.25, 0.3) is 5.56 Å². The molecule has 5 aromatic rings. The summed E-state index contributed by atoms with van der Waals surface area (Å²) in [6, 6.07) is 23.6. The maximum Gasteiger partial charge on any atom is 0.282 e. The predicted octanol–water partition coefficient (Wildman–Crippen LogP) is 6.35. The number of nitriles is 1. The molecule has 3 aromatic carbocycles. The number of fused-ring (bicyclic) bond motifs is 2. The third-order valence-electron chi connectivity index (χ3n) is 6.40. The molecule has 36 heavy (non-hydrogen) atoms. The van der Waals surface area contributed by atoms with Crippen molar-refractivity contribution in [2.75, 3.05) is 0 Å². The normalized spacial score (nSPS) is 11.7. The summed E-state index contributed by atoms with van der Waals surface area (Å²) in [6.07, 6.45) is 1.75. The zero-order chi connectivity index (χ0) is 25.4. The molecular weight excluding hydrogens is 514 g/mol. The predicted molar refractivity (Wildman–Crippen MR) is 148 cm³/mol. The number of hydrogen-bond donors (Lipinski definition) is 0. The minimum atomic E-state index is -0.203. The SMILES string of the molecule is Cc1c(C=Nn2c(C(C)C)nc3ccc(Br)cc3c2=O)c2ccccc2n1Cc1ccccc1C#N. The van der Waals surface area contributed by atoms with Crippen LogP contribution in [0.25, 0.3) is 21.8 Å². The highest BCUT2D eigenvalue weighted by Crippen LogP contribution is 2.27. The van der Waals surface area contributed by atoms with Gasteiger partial charge in [-0.05, 0) is 42.8 Å². The number of para-hydroxylation sites is 1. The summed E-state index contributed by atoms with van der Waals surface area (Å²) in [6.45, 7) is 6.61. The first-order chi connectivity index (χ1) is 17.4. The van der Waals surface area contributed by atoms with Crippen molar-refractivity contribution < 1.29 is 0 Å². The average Bonchev–Trinajstić information content (AvgIpc) is 3.14. The first kappa shape index (κ1) is 23.7. The molecule has 5 rings (SSSR count). The van der Waals surface area contributed by atoms with Gasteiger partial charge in [-0.2, -0.15) is 15.0 Å². The third kappa shape index (κ3) is 4.14. The van der Waals surface area contributed by atoms with E-state index < -0.39 is 0 Å². The Labute approximate surface area is 217 Å². The number of benzene rings is 3. The van der Waals surface area contributed by atoms with Crippen molar-refractivity contribution in [2.24, 2.45) is 5.10 Å². The molecule has 178 valence electrons. The first-order valence-electron chi connectivity index (χ1n) is 11.7. The van der Waals surface area contributed by atoms with Crippen molar-refractivity contribution >= 4 is 44.0 Å². The lowest BCUT2D eigenvalue weighted by molar-refractivity contribution is 0.665. The third-order valence-corrected chi connectivity index (χ3v) is 6.89. The summed E-state index contributed by atoms with van der Waals surface area (Å²) in [5, 5.41) is 15.8. The Balaban J connectivity index is 1.67. The smallest absolute Gasteiger partial charge is 0.282 e. The van der Waals surface area contributed by atoms with Gasteiger partial charge in [0, 0.05) is 39.1 Å². The topological polar surface area (TPSA) is 76.0 Å². The van der Waals surface area contributed by atoms with Crippen molar-refractivity contribution in [3.63, 3.8) is 0 Å². The number of nitrogens with zero attached hydrogens (tertiary/aromatic N) is 5. The van der Waals surface area contributed by atoms with Crippen LogP contribution in [0, 0.1) is 18.3 Å². The molecule has 0 saturated heterocycles. The van der Waals surface area contributed by atoms with Crippen LogP contribution in [0.2, 0.25) is 0 Å². The van der Waals surface area contributed by atoms with Gasteiger partial charge in [0.05, 0.1) is 28.8 Å². The minimum Gasteiger partial charge on any atom is -0.340 e. The van der Waals surface area contributed by atoms with Gasteiger partial charge in [0.1, 0.15) is 5.82 Å². The molecule has 0 fully saturated rings. The van der Waals surface area contributed by atoms with E-state index in [1.807, 2.05) is 69.3 Å². The summed E-state index contributed by atoms with van der Waals surface area (Å²) < 4.78 is 4.42. The monoisotopic (exact) mass is 537 g/mol. The summed E-state index contributed by atoms with van der Waals surface area (Å²) in [4.78, 5) is 18.2.